The molecule has 0 aliphatic carbocycles. The summed E-state index contributed by atoms with van der Waals surface area (Å²) < 4.78 is 29.4. The first-order valence-corrected chi connectivity index (χ1v) is 12.1. The minimum Gasteiger partial charge on any atom is -0.325 e. The van der Waals surface area contributed by atoms with Crippen LogP contribution in [0.15, 0.2) is 70.6 Å². The van der Waals surface area contributed by atoms with Crippen molar-refractivity contribution in [3.05, 3.63) is 93.8 Å². The summed E-state index contributed by atoms with van der Waals surface area (Å²) >= 11 is 1.03. The van der Waals surface area contributed by atoms with Crippen LogP contribution in [0.1, 0.15) is 37.8 Å². The number of aryl methyl sites for hydroxylation is 1. The Morgan fingerprint density at radius 3 is 2.49 bits per heavy atom. The van der Waals surface area contributed by atoms with Crippen LogP contribution < -0.4 is 10.9 Å². The second kappa shape index (κ2) is 10.00. The summed E-state index contributed by atoms with van der Waals surface area (Å²) in [5.41, 5.74) is 2.50. The van der Waals surface area contributed by atoms with Gasteiger partial charge in [0.05, 0.1) is 21.8 Å². The first-order chi connectivity index (χ1) is 16.7. The van der Waals surface area contributed by atoms with Crippen LogP contribution in [0.4, 0.5) is 14.5 Å². The van der Waals surface area contributed by atoms with Crippen LogP contribution in [0.5, 0.6) is 0 Å². The van der Waals surface area contributed by atoms with Crippen molar-refractivity contribution in [1.29, 1.82) is 0 Å². The normalized spacial score (nSPS) is 12.2. The van der Waals surface area contributed by atoms with E-state index in [4.69, 9.17) is 0 Å². The zero-order valence-corrected chi connectivity index (χ0v) is 20.6. The Balaban J connectivity index is 1.75. The van der Waals surface area contributed by atoms with Crippen LogP contribution in [-0.2, 0) is 4.79 Å². The number of aromatic nitrogens is 2. The molecular formula is C27H25F2N3O2S. The second-order valence-corrected chi connectivity index (χ2v) is 9.90. The maximum atomic E-state index is 14.7. The van der Waals surface area contributed by atoms with Crippen molar-refractivity contribution in [2.45, 2.75) is 44.0 Å². The molecule has 1 aromatic heterocycles. The minimum absolute atomic E-state index is 0.134. The molecule has 1 atom stereocenters. The lowest BCUT2D eigenvalue weighted by Crippen LogP contribution is -2.27. The maximum absolute atomic E-state index is 14.7. The summed E-state index contributed by atoms with van der Waals surface area (Å²) in [6.45, 7) is 7.73. The van der Waals surface area contributed by atoms with Gasteiger partial charge < -0.3 is 5.32 Å². The first-order valence-electron chi connectivity index (χ1n) is 11.2. The van der Waals surface area contributed by atoms with Gasteiger partial charge in [-0.15, -0.1) is 0 Å². The lowest BCUT2D eigenvalue weighted by Gasteiger charge is -2.20. The third-order valence-electron chi connectivity index (χ3n) is 5.72. The van der Waals surface area contributed by atoms with E-state index in [9.17, 15) is 18.4 Å². The molecule has 35 heavy (non-hydrogen) atoms. The zero-order valence-electron chi connectivity index (χ0n) is 19.8. The van der Waals surface area contributed by atoms with Crippen LogP contribution in [0.2, 0.25) is 0 Å². The molecule has 3 aromatic carbocycles. The molecule has 5 nitrogen and oxygen atoms in total. The van der Waals surface area contributed by atoms with E-state index >= 15 is 0 Å². The number of fused-ring (bicyclic) bond motifs is 1. The predicted molar refractivity (Wildman–Crippen MR) is 136 cm³/mol. The average molecular weight is 494 g/mol. The summed E-state index contributed by atoms with van der Waals surface area (Å²) in [5, 5.41) is 2.77. The fourth-order valence-corrected chi connectivity index (χ4v) is 4.77. The molecule has 0 spiro atoms. The van der Waals surface area contributed by atoms with Crippen LogP contribution in [0, 0.1) is 18.6 Å². The molecule has 0 aliphatic rings. The molecule has 0 fully saturated rings. The molecule has 0 saturated heterocycles. The van der Waals surface area contributed by atoms with Gasteiger partial charge in [0.2, 0.25) is 5.91 Å². The Labute approximate surface area is 206 Å². The van der Waals surface area contributed by atoms with Gasteiger partial charge in [0, 0.05) is 11.8 Å². The molecule has 0 aliphatic heterocycles. The number of anilines is 1. The van der Waals surface area contributed by atoms with E-state index < -0.39 is 22.4 Å². The number of carbonyl (C=O) groups is 1. The number of amides is 1. The summed E-state index contributed by atoms with van der Waals surface area (Å²) in [7, 11) is 0. The van der Waals surface area contributed by atoms with E-state index in [-0.39, 0.29) is 22.7 Å². The molecule has 8 heteroatoms. The quantitative estimate of drug-likeness (QED) is 0.256. The number of carbonyl (C=O) groups excluding carboxylic acids is 1. The van der Waals surface area contributed by atoms with Gasteiger partial charge in [-0.1, -0.05) is 55.9 Å². The monoisotopic (exact) mass is 493 g/mol. The molecule has 4 rings (SSSR count). The lowest BCUT2D eigenvalue weighted by atomic mass is 9.98. The highest BCUT2D eigenvalue weighted by atomic mass is 32.2. The number of nitrogens with one attached hydrogen (secondary N) is 1. The van der Waals surface area contributed by atoms with Crippen LogP contribution in [-0.4, -0.2) is 20.7 Å². The smallest absolute Gasteiger partial charge is 0.266 e. The number of halogens is 2. The molecule has 1 heterocycles. The Morgan fingerprint density at radius 1 is 1.03 bits per heavy atom. The van der Waals surface area contributed by atoms with Gasteiger partial charge in [-0.05, 0) is 55.2 Å². The molecule has 0 bridgehead atoms. The summed E-state index contributed by atoms with van der Waals surface area (Å²) in [4.78, 5) is 31.1. The summed E-state index contributed by atoms with van der Waals surface area (Å²) in [5.74, 6) is -1.72. The fourth-order valence-electron chi connectivity index (χ4n) is 3.85. The number of rotatable bonds is 6. The van der Waals surface area contributed by atoms with Crippen molar-refractivity contribution in [1.82, 2.24) is 9.55 Å². The maximum Gasteiger partial charge on any atom is 0.266 e. The van der Waals surface area contributed by atoms with Crippen LogP contribution in [0.25, 0.3) is 16.6 Å². The summed E-state index contributed by atoms with van der Waals surface area (Å²) in [6.07, 6.45) is 0. The lowest BCUT2D eigenvalue weighted by molar-refractivity contribution is -0.115. The van der Waals surface area contributed by atoms with E-state index in [2.05, 4.69) is 24.1 Å². The number of benzene rings is 3. The number of hydrogen-bond acceptors (Lipinski definition) is 4. The molecule has 1 amide bonds. The van der Waals surface area contributed by atoms with E-state index in [0.29, 0.717) is 17.0 Å². The van der Waals surface area contributed by atoms with Crippen molar-refractivity contribution in [3.63, 3.8) is 0 Å². The molecular weight excluding hydrogens is 468 g/mol. The van der Waals surface area contributed by atoms with Gasteiger partial charge in [-0.2, -0.15) is 0 Å². The van der Waals surface area contributed by atoms with Gasteiger partial charge in [0.1, 0.15) is 11.6 Å². The highest BCUT2D eigenvalue weighted by Crippen LogP contribution is 2.30. The van der Waals surface area contributed by atoms with Crippen LogP contribution >= 0.6 is 11.8 Å². The molecule has 0 saturated carbocycles. The van der Waals surface area contributed by atoms with E-state index in [1.165, 1.54) is 6.07 Å². The van der Waals surface area contributed by atoms with Crippen molar-refractivity contribution in [2.75, 3.05) is 5.32 Å². The Morgan fingerprint density at radius 2 is 1.77 bits per heavy atom. The molecule has 4 aromatic rings. The molecule has 0 radical (unpaired) electrons. The highest BCUT2D eigenvalue weighted by molar-refractivity contribution is 8.00. The Kier molecular flexibility index (Phi) is 7.03. The minimum atomic E-state index is -0.898. The van der Waals surface area contributed by atoms with Gasteiger partial charge in [0.25, 0.3) is 5.56 Å². The van der Waals surface area contributed by atoms with E-state index in [0.717, 1.165) is 39.2 Å². The Bertz CT molecular complexity index is 1480. The third kappa shape index (κ3) is 4.98. The van der Waals surface area contributed by atoms with E-state index in [1.54, 1.807) is 31.2 Å². The fraction of sp³-hybridized carbons (Fsp3) is 0.222. The first kappa shape index (κ1) is 24.6. The SMILES string of the molecule is Cc1cccc(C(C)C)c1NC(=O)C(C)Sc1nc2ccccc2c(=O)n1-c1ccc(F)cc1F. The van der Waals surface area contributed by atoms with Gasteiger partial charge >= 0.3 is 0 Å². The van der Waals surface area contributed by atoms with E-state index in [1.807, 2.05) is 25.1 Å². The highest BCUT2D eigenvalue weighted by Gasteiger charge is 2.23. The summed E-state index contributed by atoms with van der Waals surface area (Å²) in [6, 6.07) is 15.6. The second-order valence-electron chi connectivity index (χ2n) is 8.59. The Hall–Kier alpha value is -3.52. The number of nitrogens with zero attached hydrogens (tertiary/aromatic N) is 2. The molecule has 180 valence electrons. The zero-order chi connectivity index (χ0) is 25.3. The molecule has 1 unspecified atom stereocenters. The van der Waals surface area contributed by atoms with Gasteiger partial charge in [-0.25, -0.2) is 13.8 Å². The standard InChI is InChI=1S/C27H25F2N3O2S/c1-15(2)19-10-7-8-16(3)24(19)31-25(33)17(4)35-27-30-22-11-6-5-9-20(22)26(34)32(27)23-13-12-18(28)14-21(23)29/h5-15,17H,1-4H3,(H,31,33). The number of para-hydroxylation sites is 2. The van der Waals surface area contributed by atoms with Gasteiger partial charge in [0.15, 0.2) is 5.16 Å². The van der Waals surface area contributed by atoms with Crippen molar-refractivity contribution in [2.24, 2.45) is 0 Å². The van der Waals surface area contributed by atoms with Crippen LogP contribution in [0.3, 0.4) is 0 Å². The third-order valence-corrected chi connectivity index (χ3v) is 6.77. The number of thioether (sulfide) groups is 1. The van der Waals surface area contributed by atoms with Gasteiger partial charge in [-0.3, -0.25) is 14.2 Å². The van der Waals surface area contributed by atoms with Crippen molar-refractivity contribution < 1.29 is 13.6 Å². The van der Waals surface area contributed by atoms with Crippen molar-refractivity contribution in [3.8, 4) is 5.69 Å². The van der Waals surface area contributed by atoms with Crippen molar-refractivity contribution >= 4 is 34.3 Å². The molecule has 1 N–H and O–H groups in total. The topological polar surface area (TPSA) is 64.0 Å². The average Bonchev–Trinajstić information content (AvgIpc) is 2.81. The predicted octanol–water partition coefficient (Wildman–Crippen LogP) is 6.22. The largest absolute Gasteiger partial charge is 0.325 e. The number of hydrogen-bond donors (Lipinski definition) is 1.